The van der Waals surface area contributed by atoms with Crippen molar-refractivity contribution in [1.29, 1.82) is 0 Å². The van der Waals surface area contributed by atoms with Gasteiger partial charge in [-0.05, 0) is 34.4 Å². The molecule has 1 aliphatic rings. The highest BCUT2D eigenvalue weighted by Crippen LogP contribution is 2.36. The largest absolute Gasteiger partial charge is 0.377 e. The summed E-state index contributed by atoms with van der Waals surface area (Å²) in [6, 6.07) is 20.8. The van der Waals surface area contributed by atoms with E-state index < -0.39 is 0 Å². The van der Waals surface area contributed by atoms with Crippen LogP contribution in [0.5, 0.6) is 0 Å². The first-order valence-corrected chi connectivity index (χ1v) is 8.16. The number of nitrogens with one attached hydrogen (secondary N) is 1. The zero-order valence-corrected chi connectivity index (χ0v) is 13.2. The molecule has 4 rings (SSSR count). The van der Waals surface area contributed by atoms with Crippen LogP contribution in [-0.4, -0.2) is 5.78 Å². The van der Waals surface area contributed by atoms with E-state index in [1.165, 1.54) is 11.1 Å². The zero-order chi connectivity index (χ0) is 15.8. The Kier molecular flexibility index (Phi) is 3.38. The quantitative estimate of drug-likeness (QED) is 0.710. The Morgan fingerprint density at radius 1 is 1.00 bits per heavy atom. The number of carbonyl (C=O) groups is 1. The smallest absolute Gasteiger partial charge is 0.167 e. The maximum atomic E-state index is 12.8. The van der Waals surface area contributed by atoms with Gasteiger partial charge in [0, 0.05) is 17.7 Å². The van der Waals surface area contributed by atoms with E-state index in [9.17, 15) is 4.79 Å². The molecular weight excluding hydrogens is 282 g/mol. The van der Waals surface area contributed by atoms with Crippen molar-refractivity contribution in [2.75, 3.05) is 5.32 Å². The van der Waals surface area contributed by atoms with Gasteiger partial charge in [-0.15, -0.1) is 0 Å². The van der Waals surface area contributed by atoms with E-state index >= 15 is 0 Å². The highest BCUT2D eigenvalue weighted by molar-refractivity contribution is 6.14. The summed E-state index contributed by atoms with van der Waals surface area (Å²) in [7, 11) is 0. The van der Waals surface area contributed by atoms with Crippen LogP contribution in [0.15, 0.2) is 60.7 Å². The topological polar surface area (TPSA) is 29.1 Å². The number of benzene rings is 3. The Hall–Kier alpha value is -2.61. The summed E-state index contributed by atoms with van der Waals surface area (Å²) < 4.78 is 0. The molecule has 0 spiro atoms. The van der Waals surface area contributed by atoms with Gasteiger partial charge in [-0.25, -0.2) is 0 Å². The molecule has 0 aliphatic carbocycles. The first kappa shape index (κ1) is 14.0. The van der Waals surface area contributed by atoms with E-state index in [0.29, 0.717) is 6.42 Å². The molecular formula is C21H19NO. The first-order valence-electron chi connectivity index (χ1n) is 8.16. The molecule has 1 atom stereocenters. The normalized spacial score (nSPS) is 16.9. The number of fused-ring (bicyclic) bond motifs is 3. The molecule has 114 valence electrons. The van der Waals surface area contributed by atoms with Crippen LogP contribution in [0.4, 0.5) is 5.69 Å². The van der Waals surface area contributed by atoms with Gasteiger partial charge in [0.15, 0.2) is 5.78 Å². The predicted octanol–water partition coefficient (Wildman–Crippen LogP) is 5.14. The minimum absolute atomic E-state index is 0.0575. The van der Waals surface area contributed by atoms with Crippen LogP contribution in [0.1, 0.15) is 40.9 Å². The Morgan fingerprint density at radius 2 is 1.78 bits per heavy atom. The van der Waals surface area contributed by atoms with Crippen LogP contribution < -0.4 is 5.32 Å². The van der Waals surface area contributed by atoms with Crippen molar-refractivity contribution in [3.8, 4) is 0 Å². The zero-order valence-electron chi connectivity index (χ0n) is 13.2. The molecule has 0 fully saturated rings. The van der Waals surface area contributed by atoms with Crippen molar-refractivity contribution >= 4 is 22.2 Å². The maximum Gasteiger partial charge on any atom is 0.167 e. The van der Waals surface area contributed by atoms with Crippen molar-refractivity contribution in [2.24, 2.45) is 0 Å². The third-order valence-corrected chi connectivity index (χ3v) is 4.72. The fourth-order valence-electron chi connectivity index (χ4n) is 3.41. The third kappa shape index (κ3) is 2.40. The van der Waals surface area contributed by atoms with Gasteiger partial charge in [0.2, 0.25) is 0 Å². The number of carbonyl (C=O) groups excluding carboxylic acids is 1. The van der Waals surface area contributed by atoms with Crippen LogP contribution in [0.3, 0.4) is 0 Å². The van der Waals surface area contributed by atoms with Gasteiger partial charge in [0.25, 0.3) is 0 Å². The summed E-state index contributed by atoms with van der Waals surface area (Å²) >= 11 is 0. The maximum absolute atomic E-state index is 12.8. The molecule has 0 bridgehead atoms. The van der Waals surface area contributed by atoms with Gasteiger partial charge < -0.3 is 5.32 Å². The van der Waals surface area contributed by atoms with Gasteiger partial charge >= 0.3 is 0 Å². The van der Waals surface area contributed by atoms with Gasteiger partial charge in [-0.2, -0.15) is 0 Å². The molecule has 0 aromatic heterocycles. The molecule has 2 heteroatoms. The van der Waals surface area contributed by atoms with Crippen molar-refractivity contribution in [3.63, 3.8) is 0 Å². The van der Waals surface area contributed by atoms with E-state index in [4.69, 9.17) is 0 Å². The lowest BCUT2D eigenvalue weighted by atomic mass is 9.89. The highest BCUT2D eigenvalue weighted by Gasteiger charge is 2.27. The van der Waals surface area contributed by atoms with Crippen LogP contribution in [0.2, 0.25) is 0 Å². The van der Waals surface area contributed by atoms with Crippen molar-refractivity contribution in [1.82, 2.24) is 0 Å². The Balaban J connectivity index is 1.74. The number of anilines is 1. The van der Waals surface area contributed by atoms with Crippen LogP contribution in [-0.2, 0) is 6.42 Å². The monoisotopic (exact) mass is 301 g/mol. The highest BCUT2D eigenvalue weighted by atomic mass is 16.1. The number of rotatable bonds is 2. The molecule has 23 heavy (non-hydrogen) atoms. The lowest BCUT2D eigenvalue weighted by molar-refractivity contribution is 0.0974. The third-order valence-electron chi connectivity index (χ3n) is 4.72. The molecule has 1 heterocycles. The summed E-state index contributed by atoms with van der Waals surface area (Å²) in [4.78, 5) is 12.8. The molecule has 0 unspecified atom stereocenters. The molecule has 0 saturated carbocycles. The standard InChI is InChI=1S/C21H19NO/c1-2-14-7-9-16(10-8-14)19-13-20(23)21-17-6-4-3-5-15(17)11-12-18(21)22-19/h3-12,19,22H,2,13H2,1H3/t19-/m0/s1. The first-order chi connectivity index (χ1) is 11.3. The molecule has 3 aromatic rings. The number of hydrogen-bond donors (Lipinski definition) is 1. The lowest BCUT2D eigenvalue weighted by Crippen LogP contribution is -2.23. The van der Waals surface area contributed by atoms with Gasteiger partial charge in [0.05, 0.1) is 6.04 Å². The number of ketones is 1. The summed E-state index contributed by atoms with van der Waals surface area (Å²) in [5.41, 5.74) is 4.28. The Bertz CT molecular complexity index is 880. The fraction of sp³-hybridized carbons (Fsp3) is 0.190. The van der Waals surface area contributed by atoms with E-state index in [1.807, 2.05) is 24.3 Å². The Labute approximate surface area is 136 Å². The number of hydrogen-bond acceptors (Lipinski definition) is 2. The summed E-state index contributed by atoms with van der Waals surface area (Å²) in [6.07, 6.45) is 1.54. The molecule has 1 N–H and O–H groups in total. The van der Waals surface area contributed by atoms with Crippen LogP contribution in [0, 0.1) is 0 Å². The summed E-state index contributed by atoms with van der Waals surface area (Å²) in [6.45, 7) is 2.15. The van der Waals surface area contributed by atoms with Gasteiger partial charge in [-0.3, -0.25) is 4.79 Å². The number of aryl methyl sites for hydroxylation is 1. The SMILES string of the molecule is CCc1ccc([C@@H]2CC(=O)c3c(ccc4ccccc34)N2)cc1. The van der Waals surface area contributed by atoms with Gasteiger partial charge in [0.1, 0.15) is 0 Å². The van der Waals surface area contributed by atoms with Gasteiger partial charge in [-0.1, -0.05) is 61.5 Å². The molecule has 0 saturated heterocycles. The lowest BCUT2D eigenvalue weighted by Gasteiger charge is -2.27. The molecule has 3 aromatic carbocycles. The molecule has 0 amide bonds. The average molecular weight is 301 g/mol. The minimum Gasteiger partial charge on any atom is -0.377 e. The number of Topliss-reactive ketones (excluding diaryl/α,β-unsaturated/α-hetero) is 1. The molecule has 2 nitrogen and oxygen atoms in total. The Morgan fingerprint density at radius 3 is 2.57 bits per heavy atom. The van der Waals surface area contributed by atoms with E-state index in [2.05, 4.69) is 48.6 Å². The van der Waals surface area contributed by atoms with E-state index in [0.717, 1.165) is 28.4 Å². The summed E-state index contributed by atoms with van der Waals surface area (Å²) in [5.74, 6) is 0.222. The summed E-state index contributed by atoms with van der Waals surface area (Å²) in [5, 5.41) is 5.71. The van der Waals surface area contributed by atoms with Crippen molar-refractivity contribution in [3.05, 3.63) is 77.4 Å². The predicted molar refractivity (Wildman–Crippen MR) is 95.1 cm³/mol. The molecule has 0 radical (unpaired) electrons. The second-order valence-electron chi connectivity index (χ2n) is 6.13. The van der Waals surface area contributed by atoms with Crippen LogP contribution in [0.25, 0.3) is 10.8 Å². The minimum atomic E-state index is 0.0575. The fourth-order valence-corrected chi connectivity index (χ4v) is 3.41. The van der Waals surface area contributed by atoms with Crippen LogP contribution >= 0.6 is 0 Å². The second-order valence-corrected chi connectivity index (χ2v) is 6.13. The van der Waals surface area contributed by atoms with Crippen molar-refractivity contribution < 1.29 is 4.79 Å². The average Bonchev–Trinajstić information content (AvgIpc) is 2.61. The molecule has 1 aliphatic heterocycles. The van der Waals surface area contributed by atoms with E-state index in [1.54, 1.807) is 0 Å². The second kappa shape index (κ2) is 5.54. The van der Waals surface area contributed by atoms with E-state index in [-0.39, 0.29) is 11.8 Å². The van der Waals surface area contributed by atoms with Crippen molar-refractivity contribution in [2.45, 2.75) is 25.8 Å².